The number of aryl methyl sites for hydroxylation is 1. The molecule has 1 heterocycles. The minimum Gasteiger partial charge on any atom is -0.478 e. The van der Waals surface area contributed by atoms with Crippen molar-refractivity contribution in [2.24, 2.45) is 0 Å². The zero-order valence-corrected chi connectivity index (χ0v) is 12.4. The minimum atomic E-state index is 0.0361. The van der Waals surface area contributed by atoms with Crippen LogP contribution in [0.5, 0.6) is 5.88 Å². The molecule has 108 valence electrons. The Morgan fingerprint density at radius 1 is 1.29 bits per heavy atom. The predicted octanol–water partition coefficient (Wildman–Crippen LogP) is 3.23. The summed E-state index contributed by atoms with van der Waals surface area (Å²) < 4.78 is 5.42. The highest BCUT2D eigenvalue weighted by molar-refractivity contribution is 5.37. The molecule has 0 saturated heterocycles. The summed E-state index contributed by atoms with van der Waals surface area (Å²) in [7, 11) is 0. The van der Waals surface area contributed by atoms with Crippen LogP contribution in [0.3, 0.4) is 0 Å². The van der Waals surface area contributed by atoms with Crippen LogP contribution in [0, 0.1) is 18.3 Å². The SMILES string of the molecule is CCOc1cc(C)nc(NC(C)c2ccc(C#N)cc2)n1. The second-order valence-corrected chi connectivity index (χ2v) is 4.70. The largest absolute Gasteiger partial charge is 0.478 e. The van der Waals surface area contributed by atoms with Gasteiger partial charge in [-0.05, 0) is 38.5 Å². The third-order valence-corrected chi connectivity index (χ3v) is 3.01. The first-order valence-electron chi connectivity index (χ1n) is 6.87. The molecule has 0 radical (unpaired) electrons. The van der Waals surface area contributed by atoms with Gasteiger partial charge in [0, 0.05) is 11.8 Å². The van der Waals surface area contributed by atoms with Crippen LogP contribution >= 0.6 is 0 Å². The van der Waals surface area contributed by atoms with Crippen molar-refractivity contribution in [1.82, 2.24) is 9.97 Å². The van der Waals surface area contributed by atoms with Crippen LogP contribution in [0.1, 0.15) is 36.7 Å². The quantitative estimate of drug-likeness (QED) is 0.911. The first kappa shape index (κ1) is 14.8. The van der Waals surface area contributed by atoms with Crippen molar-refractivity contribution in [3.63, 3.8) is 0 Å². The summed E-state index contributed by atoms with van der Waals surface area (Å²) in [4.78, 5) is 8.69. The first-order chi connectivity index (χ1) is 10.1. The van der Waals surface area contributed by atoms with Gasteiger partial charge in [-0.1, -0.05) is 12.1 Å². The lowest BCUT2D eigenvalue weighted by molar-refractivity contribution is 0.326. The Balaban J connectivity index is 2.14. The Morgan fingerprint density at radius 3 is 2.62 bits per heavy atom. The van der Waals surface area contributed by atoms with E-state index in [1.165, 1.54) is 0 Å². The van der Waals surface area contributed by atoms with Gasteiger partial charge in [0.2, 0.25) is 11.8 Å². The van der Waals surface area contributed by atoms with Crippen LogP contribution in [0.4, 0.5) is 5.95 Å². The molecule has 0 amide bonds. The highest BCUT2D eigenvalue weighted by Gasteiger charge is 2.09. The van der Waals surface area contributed by atoms with Gasteiger partial charge in [0.1, 0.15) is 0 Å². The van der Waals surface area contributed by atoms with Crippen molar-refractivity contribution in [2.75, 3.05) is 11.9 Å². The van der Waals surface area contributed by atoms with Crippen molar-refractivity contribution in [3.05, 3.63) is 47.2 Å². The van der Waals surface area contributed by atoms with Crippen LogP contribution in [0.15, 0.2) is 30.3 Å². The molecule has 1 aromatic carbocycles. The number of rotatable bonds is 5. The van der Waals surface area contributed by atoms with Crippen LogP contribution in [-0.4, -0.2) is 16.6 Å². The molecule has 1 aromatic heterocycles. The number of hydrogen-bond donors (Lipinski definition) is 1. The van der Waals surface area contributed by atoms with Gasteiger partial charge in [0.15, 0.2) is 0 Å². The fourth-order valence-corrected chi connectivity index (χ4v) is 1.95. The van der Waals surface area contributed by atoms with Crippen molar-refractivity contribution in [3.8, 4) is 11.9 Å². The Morgan fingerprint density at radius 2 is 2.00 bits per heavy atom. The molecular formula is C16H18N4O. The lowest BCUT2D eigenvalue weighted by Crippen LogP contribution is -2.10. The monoisotopic (exact) mass is 282 g/mol. The van der Waals surface area contributed by atoms with Crippen molar-refractivity contribution in [1.29, 1.82) is 5.26 Å². The van der Waals surface area contributed by atoms with Crippen molar-refractivity contribution in [2.45, 2.75) is 26.8 Å². The van der Waals surface area contributed by atoms with Crippen molar-refractivity contribution < 1.29 is 4.74 Å². The van der Waals surface area contributed by atoms with Crippen LogP contribution in [0.2, 0.25) is 0 Å². The standard InChI is InChI=1S/C16H18N4O/c1-4-21-15-9-11(2)18-16(20-15)19-12(3)14-7-5-13(10-17)6-8-14/h5-9,12H,4H2,1-3H3,(H,18,19,20). The maximum absolute atomic E-state index is 8.81. The molecule has 0 aliphatic carbocycles. The van der Waals surface area contributed by atoms with Gasteiger partial charge >= 0.3 is 0 Å². The summed E-state index contributed by atoms with van der Waals surface area (Å²) in [6.45, 7) is 6.42. The number of aromatic nitrogens is 2. The van der Waals surface area contributed by atoms with E-state index in [-0.39, 0.29) is 6.04 Å². The summed E-state index contributed by atoms with van der Waals surface area (Å²) in [5.41, 5.74) is 2.57. The second-order valence-electron chi connectivity index (χ2n) is 4.70. The van der Waals surface area contributed by atoms with Gasteiger partial charge in [0.25, 0.3) is 0 Å². The van der Waals surface area contributed by atoms with E-state index in [2.05, 4.69) is 21.4 Å². The summed E-state index contributed by atoms with van der Waals surface area (Å²) in [5, 5.41) is 12.1. The maximum Gasteiger partial charge on any atom is 0.226 e. The first-order valence-corrected chi connectivity index (χ1v) is 6.87. The average Bonchev–Trinajstić information content (AvgIpc) is 2.47. The number of ether oxygens (including phenoxy) is 1. The normalized spacial score (nSPS) is 11.5. The van der Waals surface area contributed by atoms with Gasteiger partial charge in [-0.25, -0.2) is 4.98 Å². The number of nitrogens with one attached hydrogen (secondary N) is 1. The molecule has 5 heteroatoms. The molecule has 0 aliphatic heterocycles. The minimum absolute atomic E-state index is 0.0361. The zero-order chi connectivity index (χ0) is 15.2. The van der Waals surface area contributed by atoms with E-state index in [9.17, 15) is 0 Å². The molecule has 5 nitrogen and oxygen atoms in total. The van der Waals surface area contributed by atoms with E-state index in [4.69, 9.17) is 10.00 Å². The smallest absolute Gasteiger partial charge is 0.226 e. The molecule has 1 atom stereocenters. The lowest BCUT2D eigenvalue weighted by atomic mass is 10.1. The molecule has 1 N–H and O–H groups in total. The van der Waals surface area contributed by atoms with Gasteiger partial charge < -0.3 is 10.1 Å². The Hall–Kier alpha value is -2.61. The van der Waals surface area contributed by atoms with Gasteiger partial charge in [-0.2, -0.15) is 10.2 Å². The summed E-state index contributed by atoms with van der Waals surface area (Å²) in [6.07, 6.45) is 0. The number of nitrogens with zero attached hydrogens (tertiary/aromatic N) is 3. The molecule has 0 saturated carbocycles. The van der Waals surface area contributed by atoms with E-state index in [1.807, 2.05) is 32.9 Å². The molecule has 0 bridgehead atoms. The third-order valence-electron chi connectivity index (χ3n) is 3.01. The molecule has 0 fully saturated rings. The highest BCUT2D eigenvalue weighted by atomic mass is 16.5. The third kappa shape index (κ3) is 3.93. The van der Waals surface area contributed by atoms with E-state index in [1.54, 1.807) is 18.2 Å². The Labute approximate surface area is 124 Å². The Kier molecular flexibility index (Phi) is 4.72. The van der Waals surface area contributed by atoms with E-state index >= 15 is 0 Å². The Bertz CT molecular complexity index is 646. The van der Waals surface area contributed by atoms with Crippen LogP contribution in [0.25, 0.3) is 0 Å². The molecule has 2 aromatic rings. The molecule has 1 unspecified atom stereocenters. The summed E-state index contributed by atoms with van der Waals surface area (Å²) in [5.74, 6) is 1.11. The fraction of sp³-hybridized carbons (Fsp3) is 0.312. The van der Waals surface area contributed by atoms with Crippen molar-refractivity contribution >= 4 is 5.95 Å². The number of hydrogen-bond acceptors (Lipinski definition) is 5. The molecule has 0 spiro atoms. The van der Waals surface area contributed by atoms with E-state index in [0.29, 0.717) is 24.0 Å². The average molecular weight is 282 g/mol. The predicted molar refractivity (Wildman–Crippen MR) is 81.1 cm³/mol. The zero-order valence-electron chi connectivity index (χ0n) is 12.4. The van der Waals surface area contributed by atoms with Crippen LogP contribution < -0.4 is 10.1 Å². The van der Waals surface area contributed by atoms with Gasteiger partial charge in [0.05, 0.1) is 24.3 Å². The van der Waals surface area contributed by atoms with E-state index in [0.717, 1.165) is 11.3 Å². The molecule has 21 heavy (non-hydrogen) atoms. The molecule has 2 rings (SSSR count). The number of benzene rings is 1. The molecular weight excluding hydrogens is 264 g/mol. The van der Waals surface area contributed by atoms with Gasteiger partial charge in [-0.15, -0.1) is 0 Å². The maximum atomic E-state index is 8.81. The second kappa shape index (κ2) is 6.71. The topological polar surface area (TPSA) is 70.8 Å². The summed E-state index contributed by atoms with van der Waals surface area (Å²) in [6, 6.07) is 11.4. The van der Waals surface area contributed by atoms with E-state index < -0.39 is 0 Å². The van der Waals surface area contributed by atoms with Crippen LogP contribution in [-0.2, 0) is 0 Å². The highest BCUT2D eigenvalue weighted by Crippen LogP contribution is 2.19. The molecule has 0 aliphatic rings. The van der Waals surface area contributed by atoms with Gasteiger partial charge in [-0.3, -0.25) is 0 Å². The lowest BCUT2D eigenvalue weighted by Gasteiger charge is -2.15. The number of anilines is 1. The summed E-state index contributed by atoms with van der Waals surface area (Å²) >= 11 is 0. The fourth-order valence-electron chi connectivity index (χ4n) is 1.95. The number of nitriles is 1.